The molecule has 2 heterocycles. The van der Waals surface area contributed by atoms with Gasteiger partial charge in [0.2, 0.25) is 0 Å². The van der Waals surface area contributed by atoms with Gasteiger partial charge in [-0.3, -0.25) is 9.69 Å². The van der Waals surface area contributed by atoms with Crippen molar-refractivity contribution in [2.24, 2.45) is 0 Å². The van der Waals surface area contributed by atoms with Crippen LogP contribution in [0.3, 0.4) is 0 Å². The summed E-state index contributed by atoms with van der Waals surface area (Å²) >= 11 is 5.90. The molecule has 0 spiro atoms. The zero-order chi connectivity index (χ0) is 24.8. The third-order valence-corrected chi connectivity index (χ3v) is 6.16. The molecule has 35 heavy (non-hydrogen) atoms. The summed E-state index contributed by atoms with van der Waals surface area (Å²) in [5.41, 5.74) is 1.78. The minimum absolute atomic E-state index is 0.0621. The summed E-state index contributed by atoms with van der Waals surface area (Å²) < 4.78 is 5.77. The number of ether oxygens (including phenoxy) is 1. The number of aromatic nitrogens is 1. The van der Waals surface area contributed by atoms with Crippen molar-refractivity contribution < 1.29 is 19.4 Å². The fourth-order valence-corrected chi connectivity index (χ4v) is 4.09. The number of anilines is 2. The van der Waals surface area contributed by atoms with Gasteiger partial charge in [-0.2, -0.15) is 0 Å². The third-order valence-electron chi connectivity index (χ3n) is 5.91. The number of piperazine rings is 1. The second-order valence-corrected chi connectivity index (χ2v) is 8.74. The highest BCUT2D eigenvalue weighted by molar-refractivity contribution is 6.30. The largest absolute Gasteiger partial charge is 0.492 e. The molecule has 1 fully saturated rings. The van der Waals surface area contributed by atoms with Crippen LogP contribution in [-0.2, 0) is 0 Å². The first-order valence-corrected chi connectivity index (χ1v) is 11.7. The van der Waals surface area contributed by atoms with E-state index in [0.29, 0.717) is 41.8 Å². The highest BCUT2D eigenvalue weighted by atomic mass is 35.5. The summed E-state index contributed by atoms with van der Waals surface area (Å²) in [7, 11) is 0. The highest BCUT2D eigenvalue weighted by Crippen LogP contribution is 2.24. The van der Waals surface area contributed by atoms with Crippen molar-refractivity contribution in [2.45, 2.75) is 6.92 Å². The molecule has 0 atom stereocenters. The number of carboxylic acids is 1. The number of pyridine rings is 1. The average Bonchev–Trinajstić information content (AvgIpc) is 2.86. The van der Waals surface area contributed by atoms with Crippen LogP contribution in [0.4, 0.5) is 11.5 Å². The molecule has 9 heteroatoms. The van der Waals surface area contributed by atoms with E-state index in [-0.39, 0.29) is 11.5 Å². The average molecular weight is 495 g/mol. The van der Waals surface area contributed by atoms with E-state index in [1.54, 1.807) is 24.3 Å². The van der Waals surface area contributed by atoms with E-state index in [0.717, 1.165) is 30.9 Å². The van der Waals surface area contributed by atoms with E-state index in [4.69, 9.17) is 16.3 Å². The number of nitrogens with zero attached hydrogens (tertiary/aromatic N) is 3. The van der Waals surface area contributed by atoms with Gasteiger partial charge in [-0.05, 0) is 48.9 Å². The molecule has 0 aliphatic carbocycles. The first-order valence-electron chi connectivity index (χ1n) is 11.4. The Morgan fingerprint density at radius 2 is 1.77 bits per heavy atom. The van der Waals surface area contributed by atoms with Gasteiger partial charge >= 0.3 is 5.97 Å². The maximum Gasteiger partial charge on any atom is 0.339 e. The lowest BCUT2D eigenvalue weighted by Crippen LogP contribution is -2.48. The molecule has 1 amide bonds. The lowest BCUT2D eigenvalue weighted by atomic mass is 10.1. The van der Waals surface area contributed by atoms with Crippen molar-refractivity contribution in [3.05, 3.63) is 82.5 Å². The minimum atomic E-state index is -1.08. The van der Waals surface area contributed by atoms with Crippen molar-refractivity contribution >= 4 is 35.0 Å². The molecular weight excluding hydrogens is 468 g/mol. The van der Waals surface area contributed by atoms with Crippen LogP contribution in [0.5, 0.6) is 5.75 Å². The van der Waals surface area contributed by atoms with Gasteiger partial charge in [-0.25, -0.2) is 9.78 Å². The minimum Gasteiger partial charge on any atom is -0.492 e. The SMILES string of the molecule is Cc1ccccc1C(=O)Nc1cnc(N2CCN(CCOc3ccc(Cl)cc3)CC2)c(C(=O)O)c1. The number of amides is 1. The monoisotopic (exact) mass is 494 g/mol. The zero-order valence-electron chi connectivity index (χ0n) is 19.4. The Morgan fingerprint density at radius 1 is 1.06 bits per heavy atom. The van der Waals surface area contributed by atoms with Gasteiger partial charge in [0.1, 0.15) is 23.7 Å². The summed E-state index contributed by atoms with van der Waals surface area (Å²) in [5.74, 6) is -0.205. The first-order chi connectivity index (χ1) is 16.9. The van der Waals surface area contributed by atoms with E-state index >= 15 is 0 Å². The number of rotatable bonds is 8. The summed E-state index contributed by atoms with van der Waals surface area (Å²) in [6, 6.07) is 16.0. The summed E-state index contributed by atoms with van der Waals surface area (Å²) in [5, 5.41) is 13.2. The molecule has 2 aromatic carbocycles. The topological polar surface area (TPSA) is 95.0 Å². The molecule has 8 nitrogen and oxygen atoms in total. The molecule has 3 aromatic rings. The van der Waals surface area contributed by atoms with Gasteiger partial charge < -0.3 is 20.1 Å². The normalized spacial score (nSPS) is 13.9. The Balaban J connectivity index is 1.34. The van der Waals surface area contributed by atoms with Crippen molar-refractivity contribution in [2.75, 3.05) is 49.5 Å². The fourth-order valence-electron chi connectivity index (χ4n) is 3.97. The van der Waals surface area contributed by atoms with E-state index in [1.165, 1.54) is 12.3 Å². The third kappa shape index (κ3) is 6.29. The van der Waals surface area contributed by atoms with Gasteiger partial charge in [-0.1, -0.05) is 29.8 Å². The molecule has 2 N–H and O–H groups in total. The lowest BCUT2D eigenvalue weighted by molar-refractivity contribution is 0.0696. The van der Waals surface area contributed by atoms with Crippen LogP contribution in [0.15, 0.2) is 60.8 Å². The highest BCUT2D eigenvalue weighted by Gasteiger charge is 2.23. The number of halogens is 1. The number of aryl methyl sites for hydroxylation is 1. The number of benzene rings is 2. The Labute approximate surface area is 209 Å². The summed E-state index contributed by atoms with van der Waals surface area (Å²) in [4.78, 5) is 33.2. The Kier molecular flexibility index (Phi) is 7.84. The lowest BCUT2D eigenvalue weighted by Gasteiger charge is -2.35. The van der Waals surface area contributed by atoms with Crippen LogP contribution in [-0.4, -0.2) is 66.2 Å². The van der Waals surface area contributed by atoms with Crippen molar-refractivity contribution in [3.8, 4) is 5.75 Å². The molecule has 0 radical (unpaired) electrons. The van der Waals surface area contributed by atoms with Gasteiger partial charge in [-0.15, -0.1) is 0 Å². The molecular formula is C26H27ClN4O4. The van der Waals surface area contributed by atoms with E-state index < -0.39 is 5.97 Å². The van der Waals surface area contributed by atoms with Gasteiger partial charge in [0.05, 0.1) is 11.9 Å². The van der Waals surface area contributed by atoms with E-state index in [2.05, 4.69) is 15.2 Å². The van der Waals surface area contributed by atoms with Crippen LogP contribution < -0.4 is 15.0 Å². The predicted octanol–water partition coefficient (Wildman–Crippen LogP) is 4.19. The van der Waals surface area contributed by atoms with Crippen molar-refractivity contribution in [1.82, 2.24) is 9.88 Å². The van der Waals surface area contributed by atoms with Crippen LogP contribution in [0.1, 0.15) is 26.3 Å². The smallest absolute Gasteiger partial charge is 0.339 e. The molecule has 1 aromatic heterocycles. The van der Waals surface area contributed by atoms with E-state index in [9.17, 15) is 14.7 Å². The maximum absolute atomic E-state index is 12.6. The molecule has 1 saturated heterocycles. The second kappa shape index (κ2) is 11.2. The Hall–Kier alpha value is -3.62. The molecule has 182 valence electrons. The number of carboxylic acid groups (broad SMARTS) is 1. The van der Waals surface area contributed by atoms with Gasteiger partial charge in [0.15, 0.2) is 0 Å². The molecule has 0 unspecified atom stereocenters. The Bertz CT molecular complexity index is 1190. The number of hydrogen-bond donors (Lipinski definition) is 2. The summed E-state index contributed by atoms with van der Waals surface area (Å²) in [6.45, 7) is 5.97. The predicted molar refractivity (Wildman–Crippen MR) is 136 cm³/mol. The molecule has 1 aliphatic rings. The first kappa shape index (κ1) is 24.5. The molecule has 0 saturated carbocycles. The van der Waals surface area contributed by atoms with Crippen LogP contribution in [0.2, 0.25) is 5.02 Å². The van der Waals surface area contributed by atoms with Crippen LogP contribution in [0, 0.1) is 6.92 Å². The van der Waals surface area contributed by atoms with Gasteiger partial charge in [0.25, 0.3) is 5.91 Å². The van der Waals surface area contributed by atoms with Crippen LogP contribution >= 0.6 is 11.6 Å². The van der Waals surface area contributed by atoms with Crippen molar-refractivity contribution in [3.63, 3.8) is 0 Å². The maximum atomic E-state index is 12.6. The van der Waals surface area contributed by atoms with Crippen molar-refractivity contribution in [1.29, 1.82) is 0 Å². The standard InChI is InChI=1S/C26H27ClN4O4/c1-18-4-2-3-5-22(18)25(32)29-20-16-23(26(33)34)24(28-17-20)31-12-10-30(11-13-31)14-15-35-21-8-6-19(27)7-9-21/h2-9,16-17H,10-15H2,1H3,(H,29,32)(H,33,34). The molecule has 1 aliphatic heterocycles. The number of nitrogens with one attached hydrogen (secondary N) is 1. The second-order valence-electron chi connectivity index (χ2n) is 8.30. The fraction of sp³-hybridized carbons (Fsp3) is 0.269. The van der Waals surface area contributed by atoms with Gasteiger partial charge in [0, 0.05) is 43.3 Å². The molecule has 0 bridgehead atoms. The number of carbonyl (C=O) groups excluding carboxylic acids is 1. The Morgan fingerprint density at radius 3 is 2.46 bits per heavy atom. The quantitative estimate of drug-likeness (QED) is 0.484. The number of aromatic carboxylic acids is 1. The number of carbonyl (C=O) groups is 2. The van der Waals surface area contributed by atoms with Crippen LogP contribution in [0.25, 0.3) is 0 Å². The summed E-state index contributed by atoms with van der Waals surface area (Å²) in [6.07, 6.45) is 1.50. The zero-order valence-corrected chi connectivity index (χ0v) is 20.2. The molecule has 4 rings (SSSR count). The van der Waals surface area contributed by atoms with E-state index in [1.807, 2.05) is 36.1 Å². The number of hydrogen-bond acceptors (Lipinski definition) is 6.